The van der Waals surface area contributed by atoms with Crippen molar-refractivity contribution < 1.29 is 0 Å². The van der Waals surface area contributed by atoms with Crippen LogP contribution in [0.4, 0.5) is 17.1 Å². The van der Waals surface area contributed by atoms with Crippen molar-refractivity contribution in [1.29, 1.82) is 0 Å². The van der Waals surface area contributed by atoms with Gasteiger partial charge in [0.1, 0.15) is 5.84 Å². The Labute approximate surface area is 141 Å². The number of aliphatic imine (C=N–C) groups is 1. The predicted octanol–water partition coefficient (Wildman–Crippen LogP) is 3.90. The molecule has 23 heavy (non-hydrogen) atoms. The molecule has 4 rings (SSSR count). The summed E-state index contributed by atoms with van der Waals surface area (Å²) in [7, 11) is 0. The van der Waals surface area contributed by atoms with E-state index in [1.165, 1.54) is 0 Å². The number of para-hydroxylation sites is 1. The normalized spacial score (nSPS) is 17.7. The molecule has 2 aliphatic heterocycles. The number of nitrogens with one attached hydrogen (secondary N) is 1. The fourth-order valence-corrected chi connectivity index (χ4v) is 3.33. The van der Waals surface area contributed by atoms with Crippen LogP contribution in [-0.4, -0.2) is 29.9 Å². The van der Waals surface area contributed by atoms with E-state index in [0.29, 0.717) is 11.1 Å². The zero-order valence-electron chi connectivity index (χ0n) is 12.8. The van der Waals surface area contributed by atoms with Crippen molar-refractivity contribution in [1.82, 2.24) is 4.90 Å². The zero-order valence-corrected chi connectivity index (χ0v) is 13.6. The summed E-state index contributed by atoms with van der Waals surface area (Å²) in [6.07, 6.45) is 1.99. The highest BCUT2D eigenvalue weighted by Crippen LogP contribution is 2.36. The standard InChI is InChI=1S/C18H19ClN4/c19-12-5-6-16-17(11-12)22-18(23-9-7-13(20)8-10-23)14-3-1-2-4-15(14)21-16/h1-6,11,13,21H,7-10,20H2. The maximum absolute atomic E-state index is 6.17. The van der Waals surface area contributed by atoms with Gasteiger partial charge in [0.15, 0.2) is 0 Å². The van der Waals surface area contributed by atoms with E-state index in [1.807, 2.05) is 24.3 Å². The minimum atomic E-state index is 0.299. The summed E-state index contributed by atoms with van der Waals surface area (Å²) < 4.78 is 0. The highest BCUT2D eigenvalue weighted by Gasteiger charge is 2.24. The van der Waals surface area contributed by atoms with Gasteiger partial charge in [0.25, 0.3) is 0 Å². The second-order valence-electron chi connectivity index (χ2n) is 6.09. The van der Waals surface area contributed by atoms with Crippen molar-refractivity contribution in [2.24, 2.45) is 10.7 Å². The summed E-state index contributed by atoms with van der Waals surface area (Å²) in [6.45, 7) is 1.87. The maximum Gasteiger partial charge on any atom is 0.138 e. The first kappa shape index (κ1) is 14.5. The quantitative estimate of drug-likeness (QED) is 0.772. The van der Waals surface area contributed by atoms with Crippen LogP contribution in [0.2, 0.25) is 5.02 Å². The van der Waals surface area contributed by atoms with Gasteiger partial charge in [-0.2, -0.15) is 0 Å². The number of nitrogens with two attached hydrogens (primary N) is 1. The van der Waals surface area contributed by atoms with Gasteiger partial charge in [-0.25, -0.2) is 4.99 Å². The molecule has 118 valence electrons. The Hall–Kier alpha value is -2.04. The number of nitrogens with zero attached hydrogens (tertiary/aromatic N) is 2. The van der Waals surface area contributed by atoms with E-state index in [2.05, 4.69) is 28.4 Å². The monoisotopic (exact) mass is 326 g/mol. The lowest BCUT2D eigenvalue weighted by molar-refractivity contribution is 0.314. The number of anilines is 2. The third-order valence-electron chi connectivity index (χ3n) is 4.46. The number of hydrogen-bond donors (Lipinski definition) is 2. The van der Waals surface area contributed by atoms with Gasteiger partial charge in [-0.05, 0) is 43.2 Å². The molecule has 0 aromatic heterocycles. The van der Waals surface area contributed by atoms with E-state index in [0.717, 1.165) is 54.4 Å². The molecule has 0 unspecified atom stereocenters. The number of benzene rings is 2. The molecule has 0 spiro atoms. The van der Waals surface area contributed by atoms with Crippen LogP contribution in [0.25, 0.3) is 0 Å². The van der Waals surface area contributed by atoms with Crippen LogP contribution in [0.5, 0.6) is 0 Å². The number of rotatable bonds is 0. The van der Waals surface area contributed by atoms with Crippen LogP contribution < -0.4 is 11.1 Å². The number of hydrogen-bond acceptors (Lipinski definition) is 4. The zero-order chi connectivity index (χ0) is 15.8. The number of piperidine rings is 1. The van der Waals surface area contributed by atoms with Gasteiger partial charge in [-0.15, -0.1) is 0 Å². The summed E-state index contributed by atoms with van der Waals surface area (Å²) in [5.74, 6) is 1.00. The lowest BCUT2D eigenvalue weighted by Gasteiger charge is -2.33. The number of likely N-dealkylation sites (tertiary alicyclic amines) is 1. The third kappa shape index (κ3) is 2.80. The summed E-state index contributed by atoms with van der Waals surface area (Å²) >= 11 is 6.17. The number of amidine groups is 1. The van der Waals surface area contributed by atoms with Gasteiger partial charge in [-0.1, -0.05) is 23.7 Å². The van der Waals surface area contributed by atoms with Crippen molar-refractivity contribution in [2.45, 2.75) is 18.9 Å². The van der Waals surface area contributed by atoms with E-state index in [-0.39, 0.29) is 0 Å². The number of halogens is 1. The Morgan fingerprint density at radius 3 is 2.70 bits per heavy atom. The van der Waals surface area contributed by atoms with Crippen molar-refractivity contribution in [3.63, 3.8) is 0 Å². The minimum Gasteiger partial charge on any atom is -0.356 e. The molecule has 1 fully saturated rings. The molecule has 1 saturated heterocycles. The van der Waals surface area contributed by atoms with Crippen LogP contribution in [-0.2, 0) is 0 Å². The fourth-order valence-electron chi connectivity index (χ4n) is 3.16. The fraction of sp³-hybridized carbons (Fsp3) is 0.278. The molecule has 0 radical (unpaired) electrons. The third-order valence-corrected chi connectivity index (χ3v) is 4.70. The Bertz CT molecular complexity index is 763. The van der Waals surface area contributed by atoms with Crippen molar-refractivity contribution in [3.8, 4) is 0 Å². The van der Waals surface area contributed by atoms with Crippen LogP contribution in [0.1, 0.15) is 18.4 Å². The smallest absolute Gasteiger partial charge is 0.138 e. The van der Waals surface area contributed by atoms with Crippen molar-refractivity contribution in [2.75, 3.05) is 18.4 Å². The second kappa shape index (κ2) is 5.87. The molecule has 4 nitrogen and oxygen atoms in total. The van der Waals surface area contributed by atoms with Gasteiger partial charge in [0.2, 0.25) is 0 Å². The molecule has 0 saturated carbocycles. The Kier molecular flexibility index (Phi) is 3.71. The predicted molar refractivity (Wildman–Crippen MR) is 96.2 cm³/mol. The Morgan fingerprint density at radius 1 is 1.09 bits per heavy atom. The average Bonchev–Trinajstić information content (AvgIpc) is 2.72. The molecule has 5 heteroatoms. The lowest BCUT2D eigenvalue weighted by atomic mass is 10.0. The van der Waals surface area contributed by atoms with Gasteiger partial charge < -0.3 is 16.0 Å². The molecule has 2 aromatic carbocycles. The molecule has 2 aliphatic rings. The first-order chi connectivity index (χ1) is 11.2. The highest BCUT2D eigenvalue weighted by molar-refractivity contribution is 6.31. The first-order valence-electron chi connectivity index (χ1n) is 7.96. The summed E-state index contributed by atoms with van der Waals surface area (Å²) in [5.41, 5.74) is 10.1. The van der Waals surface area contributed by atoms with Crippen LogP contribution in [0, 0.1) is 0 Å². The molecule has 0 atom stereocenters. The van der Waals surface area contributed by atoms with Crippen LogP contribution in [0.3, 0.4) is 0 Å². The second-order valence-corrected chi connectivity index (χ2v) is 6.53. The van der Waals surface area contributed by atoms with Crippen molar-refractivity contribution >= 4 is 34.5 Å². The lowest BCUT2D eigenvalue weighted by Crippen LogP contribution is -2.43. The van der Waals surface area contributed by atoms with Gasteiger partial charge in [0.05, 0.1) is 11.4 Å². The largest absolute Gasteiger partial charge is 0.356 e. The SMILES string of the molecule is NC1CCN(C2=Nc3cc(Cl)ccc3Nc3ccccc32)CC1. The molecule has 0 aliphatic carbocycles. The molecular formula is C18H19ClN4. The van der Waals surface area contributed by atoms with E-state index < -0.39 is 0 Å². The Morgan fingerprint density at radius 2 is 1.87 bits per heavy atom. The van der Waals surface area contributed by atoms with Gasteiger partial charge in [-0.3, -0.25) is 0 Å². The van der Waals surface area contributed by atoms with E-state index in [1.54, 1.807) is 0 Å². The summed E-state index contributed by atoms with van der Waals surface area (Å²) in [4.78, 5) is 7.28. The van der Waals surface area contributed by atoms with Crippen molar-refractivity contribution in [3.05, 3.63) is 53.1 Å². The first-order valence-corrected chi connectivity index (χ1v) is 8.34. The topological polar surface area (TPSA) is 53.6 Å². The summed E-state index contributed by atoms with van der Waals surface area (Å²) in [6, 6.07) is 14.4. The number of fused-ring (bicyclic) bond motifs is 2. The summed E-state index contributed by atoms with van der Waals surface area (Å²) in [5, 5.41) is 4.18. The molecule has 2 heterocycles. The van der Waals surface area contributed by atoms with Crippen LogP contribution in [0.15, 0.2) is 47.5 Å². The van der Waals surface area contributed by atoms with E-state index >= 15 is 0 Å². The van der Waals surface area contributed by atoms with E-state index in [9.17, 15) is 0 Å². The molecule has 0 amide bonds. The maximum atomic E-state index is 6.17. The average molecular weight is 327 g/mol. The Balaban J connectivity index is 1.83. The highest BCUT2D eigenvalue weighted by atomic mass is 35.5. The molecular weight excluding hydrogens is 308 g/mol. The molecule has 2 aromatic rings. The van der Waals surface area contributed by atoms with E-state index in [4.69, 9.17) is 22.3 Å². The molecule has 0 bridgehead atoms. The molecule has 3 N–H and O–H groups in total. The van der Waals surface area contributed by atoms with Gasteiger partial charge >= 0.3 is 0 Å². The minimum absolute atomic E-state index is 0.299. The van der Waals surface area contributed by atoms with Gasteiger partial charge in [0, 0.05) is 35.4 Å². The van der Waals surface area contributed by atoms with Crippen LogP contribution >= 0.6 is 11.6 Å².